The number of hydrogen-bond donors (Lipinski definition) is 2. The van der Waals surface area contributed by atoms with E-state index in [1.807, 2.05) is 0 Å². The fourth-order valence-electron chi connectivity index (χ4n) is 2.07. The maximum atomic E-state index is 12.7. The predicted octanol–water partition coefficient (Wildman–Crippen LogP) is 3.30. The molecular weight excluding hydrogens is 314 g/mol. The zero-order valence-electron chi connectivity index (χ0n) is 12.5. The van der Waals surface area contributed by atoms with Gasteiger partial charge in [0.25, 0.3) is 0 Å². The predicted molar refractivity (Wildman–Crippen MR) is 89.4 cm³/mol. The van der Waals surface area contributed by atoms with Crippen LogP contribution in [0.3, 0.4) is 0 Å². The lowest BCUT2D eigenvalue weighted by atomic mass is 9.94. The molecule has 1 aromatic rings. The summed E-state index contributed by atoms with van der Waals surface area (Å²) < 4.78 is 12.7. The molecule has 1 rings (SSSR count). The van der Waals surface area contributed by atoms with E-state index in [2.05, 4.69) is 19.2 Å². The standard InChI is InChI=1S/C15H23FN2O.2ClH/c1-11(2)7-13(9-17)8-15(19)18-10-12-3-5-14(16)6-4-12;;/h3-6,11,13H,7-10,17H2,1-2H3,(H,18,19);2*1H. The number of carbonyl (C=O) groups is 1. The molecule has 21 heavy (non-hydrogen) atoms. The zero-order chi connectivity index (χ0) is 14.3. The molecule has 1 atom stereocenters. The summed E-state index contributed by atoms with van der Waals surface area (Å²) in [5.74, 6) is 0.502. The topological polar surface area (TPSA) is 55.1 Å². The van der Waals surface area contributed by atoms with E-state index in [4.69, 9.17) is 5.73 Å². The molecule has 1 amide bonds. The average Bonchev–Trinajstić information content (AvgIpc) is 2.36. The van der Waals surface area contributed by atoms with Gasteiger partial charge in [0.05, 0.1) is 0 Å². The van der Waals surface area contributed by atoms with Gasteiger partial charge in [0.2, 0.25) is 5.91 Å². The van der Waals surface area contributed by atoms with Crippen LogP contribution in [-0.2, 0) is 11.3 Å². The second-order valence-electron chi connectivity index (χ2n) is 5.34. The van der Waals surface area contributed by atoms with Crippen LogP contribution >= 0.6 is 24.8 Å². The molecule has 0 aliphatic rings. The highest BCUT2D eigenvalue weighted by Gasteiger charge is 2.13. The molecule has 6 heteroatoms. The molecule has 122 valence electrons. The van der Waals surface area contributed by atoms with Gasteiger partial charge in [-0.25, -0.2) is 4.39 Å². The number of nitrogens with two attached hydrogens (primary N) is 1. The monoisotopic (exact) mass is 338 g/mol. The van der Waals surface area contributed by atoms with Crippen LogP contribution in [0.1, 0.15) is 32.3 Å². The van der Waals surface area contributed by atoms with Crippen molar-refractivity contribution in [3.05, 3.63) is 35.6 Å². The highest BCUT2D eigenvalue weighted by atomic mass is 35.5. The summed E-state index contributed by atoms with van der Waals surface area (Å²) in [6.45, 7) is 5.21. The van der Waals surface area contributed by atoms with E-state index in [9.17, 15) is 9.18 Å². The Morgan fingerprint density at radius 3 is 2.29 bits per heavy atom. The fourth-order valence-corrected chi connectivity index (χ4v) is 2.07. The third kappa shape index (κ3) is 9.67. The Labute approximate surface area is 138 Å². The van der Waals surface area contributed by atoms with Crippen molar-refractivity contribution in [2.75, 3.05) is 6.54 Å². The Hall–Kier alpha value is -0.840. The van der Waals surface area contributed by atoms with E-state index < -0.39 is 0 Å². The van der Waals surface area contributed by atoms with E-state index in [0.29, 0.717) is 25.4 Å². The molecule has 3 N–H and O–H groups in total. The van der Waals surface area contributed by atoms with Crippen molar-refractivity contribution < 1.29 is 9.18 Å². The molecule has 0 aromatic heterocycles. The normalized spacial score (nSPS) is 11.3. The van der Waals surface area contributed by atoms with E-state index in [0.717, 1.165) is 12.0 Å². The minimum Gasteiger partial charge on any atom is -0.352 e. The van der Waals surface area contributed by atoms with Crippen LogP contribution in [0.15, 0.2) is 24.3 Å². The second-order valence-corrected chi connectivity index (χ2v) is 5.34. The molecular formula is C15H25Cl2FN2O. The van der Waals surface area contributed by atoms with Crippen molar-refractivity contribution in [1.29, 1.82) is 0 Å². The van der Waals surface area contributed by atoms with Gasteiger partial charge in [-0.1, -0.05) is 26.0 Å². The number of carbonyl (C=O) groups excluding carboxylic acids is 1. The molecule has 0 fully saturated rings. The van der Waals surface area contributed by atoms with E-state index in [1.54, 1.807) is 12.1 Å². The second kappa shape index (κ2) is 11.8. The molecule has 0 aliphatic heterocycles. The summed E-state index contributed by atoms with van der Waals surface area (Å²) in [5, 5.41) is 2.84. The number of benzene rings is 1. The summed E-state index contributed by atoms with van der Waals surface area (Å²) in [6, 6.07) is 6.13. The van der Waals surface area contributed by atoms with Gasteiger partial charge < -0.3 is 11.1 Å². The lowest BCUT2D eigenvalue weighted by molar-refractivity contribution is -0.122. The highest BCUT2D eigenvalue weighted by Crippen LogP contribution is 2.14. The van der Waals surface area contributed by atoms with Crippen LogP contribution in [0.5, 0.6) is 0 Å². The first kappa shape index (κ1) is 22.4. The molecule has 0 saturated carbocycles. The van der Waals surface area contributed by atoms with Gasteiger partial charge in [0.1, 0.15) is 5.82 Å². The van der Waals surface area contributed by atoms with Crippen molar-refractivity contribution in [1.82, 2.24) is 5.32 Å². The lowest BCUT2D eigenvalue weighted by Crippen LogP contribution is -2.28. The van der Waals surface area contributed by atoms with Gasteiger partial charge in [-0.2, -0.15) is 0 Å². The van der Waals surface area contributed by atoms with Crippen molar-refractivity contribution in [3.63, 3.8) is 0 Å². The number of nitrogens with one attached hydrogen (secondary N) is 1. The molecule has 0 heterocycles. The van der Waals surface area contributed by atoms with Crippen molar-refractivity contribution in [2.24, 2.45) is 17.6 Å². The zero-order valence-corrected chi connectivity index (χ0v) is 14.1. The number of rotatable bonds is 7. The number of hydrogen-bond acceptors (Lipinski definition) is 2. The third-order valence-electron chi connectivity index (χ3n) is 3.02. The van der Waals surface area contributed by atoms with Crippen molar-refractivity contribution in [3.8, 4) is 0 Å². The Morgan fingerprint density at radius 2 is 1.81 bits per heavy atom. The van der Waals surface area contributed by atoms with Crippen LogP contribution in [0, 0.1) is 17.7 Å². The van der Waals surface area contributed by atoms with Crippen LogP contribution in [0.4, 0.5) is 4.39 Å². The SMILES string of the molecule is CC(C)CC(CN)CC(=O)NCc1ccc(F)cc1.Cl.Cl. The summed E-state index contributed by atoms with van der Waals surface area (Å²) in [5.41, 5.74) is 6.56. The number of halogens is 3. The summed E-state index contributed by atoms with van der Waals surface area (Å²) in [7, 11) is 0. The van der Waals surface area contributed by atoms with Gasteiger partial charge >= 0.3 is 0 Å². The molecule has 0 bridgehead atoms. The van der Waals surface area contributed by atoms with E-state index in [1.165, 1.54) is 12.1 Å². The molecule has 1 unspecified atom stereocenters. The first-order chi connectivity index (χ1) is 9.01. The van der Waals surface area contributed by atoms with Crippen LogP contribution in [0.25, 0.3) is 0 Å². The molecule has 0 radical (unpaired) electrons. The Morgan fingerprint density at radius 1 is 1.24 bits per heavy atom. The molecule has 0 saturated heterocycles. The maximum Gasteiger partial charge on any atom is 0.220 e. The first-order valence-electron chi connectivity index (χ1n) is 6.72. The largest absolute Gasteiger partial charge is 0.352 e. The van der Waals surface area contributed by atoms with Gasteiger partial charge in [-0.05, 0) is 42.5 Å². The quantitative estimate of drug-likeness (QED) is 0.801. The lowest BCUT2D eigenvalue weighted by Gasteiger charge is -2.16. The molecule has 0 aliphatic carbocycles. The summed E-state index contributed by atoms with van der Waals surface area (Å²) in [4.78, 5) is 11.8. The molecule has 3 nitrogen and oxygen atoms in total. The van der Waals surface area contributed by atoms with Gasteiger partial charge in [0.15, 0.2) is 0 Å². The minimum atomic E-state index is -0.268. The number of amides is 1. The third-order valence-corrected chi connectivity index (χ3v) is 3.02. The molecule has 0 spiro atoms. The first-order valence-corrected chi connectivity index (χ1v) is 6.72. The van der Waals surface area contributed by atoms with Crippen molar-refractivity contribution >= 4 is 30.7 Å². The van der Waals surface area contributed by atoms with Crippen LogP contribution < -0.4 is 11.1 Å². The van der Waals surface area contributed by atoms with Crippen LogP contribution in [-0.4, -0.2) is 12.5 Å². The van der Waals surface area contributed by atoms with Crippen LogP contribution in [0.2, 0.25) is 0 Å². The fraction of sp³-hybridized carbons (Fsp3) is 0.533. The van der Waals surface area contributed by atoms with Gasteiger partial charge in [-0.3, -0.25) is 4.79 Å². The maximum absolute atomic E-state index is 12.7. The van der Waals surface area contributed by atoms with E-state index >= 15 is 0 Å². The van der Waals surface area contributed by atoms with Gasteiger partial charge in [-0.15, -0.1) is 24.8 Å². The Kier molecular flexibility index (Phi) is 12.6. The molecule has 1 aromatic carbocycles. The van der Waals surface area contributed by atoms with Gasteiger partial charge in [0, 0.05) is 13.0 Å². The highest BCUT2D eigenvalue weighted by molar-refractivity contribution is 5.85. The Balaban J connectivity index is 0. The summed E-state index contributed by atoms with van der Waals surface area (Å²) in [6.07, 6.45) is 1.41. The van der Waals surface area contributed by atoms with Crippen molar-refractivity contribution in [2.45, 2.75) is 33.2 Å². The summed E-state index contributed by atoms with van der Waals surface area (Å²) >= 11 is 0. The van der Waals surface area contributed by atoms with E-state index in [-0.39, 0.29) is 42.5 Å². The smallest absolute Gasteiger partial charge is 0.220 e. The average molecular weight is 339 g/mol. The Bertz CT molecular complexity index is 399. The minimum absolute atomic E-state index is 0.